The summed E-state index contributed by atoms with van der Waals surface area (Å²) in [5, 5.41) is 18.6. The molecule has 2 rings (SSSR count). The van der Waals surface area contributed by atoms with Crippen LogP contribution in [0.25, 0.3) is 11.0 Å². The molecule has 2 aromatic rings. The van der Waals surface area contributed by atoms with E-state index in [2.05, 4.69) is 15.4 Å². The molecule has 0 amide bonds. The zero-order valence-corrected chi connectivity index (χ0v) is 8.82. The Kier molecular flexibility index (Phi) is 2.55. The van der Waals surface area contributed by atoms with Gasteiger partial charge in [-0.25, -0.2) is 4.98 Å². The Bertz CT molecular complexity index is 503. The quantitative estimate of drug-likeness (QED) is 0.618. The Hall–Kier alpha value is -1.62. The molecule has 15 heavy (non-hydrogen) atoms. The Morgan fingerprint density at radius 2 is 2.33 bits per heavy atom. The van der Waals surface area contributed by atoms with Crippen molar-refractivity contribution in [3.05, 3.63) is 28.4 Å². The second kappa shape index (κ2) is 3.86. The maximum absolute atomic E-state index is 11.5. The zero-order valence-electron chi connectivity index (χ0n) is 8.07. The van der Waals surface area contributed by atoms with E-state index in [1.165, 1.54) is 0 Å². The van der Waals surface area contributed by atoms with Crippen LogP contribution < -0.4 is 10.2 Å². The molecule has 6 heteroatoms. The van der Waals surface area contributed by atoms with Gasteiger partial charge in [0.15, 0.2) is 0 Å². The average molecular weight is 225 g/mol. The summed E-state index contributed by atoms with van der Waals surface area (Å²) in [5.41, 5.74) is 0.935. The fraction of sp³-hybridized carbons (Fsp3) is 0.222. The molecule has 1 heterocycles. The highest BCUT2D eigenvalue weighted by molar-refractivity contribution is 6.31. The molecular weight excluding hydrogens is 216 g/mol. The summed E-state index contributed by atoms with van der Waals surface area (Å²) in [6, 6.07) is 4.92. The van der Waals surface area contributed by atoms with Gasteiger partial charge in [-0.15, -0.1) is 0 Å². The molecule has 0 unspecified atom stereocenters. The lowest BCUT2D eigenvalue weighted by atomic mass is 10.3. The maximum Gasteiger partial charge on any atom is 0.290 e. The highest BCUT2D eigenvalue weighted by atomic mass is 35.5. The highest BCUT2D eigenvalue weighted by Crippen LogP contribution is 2.14. The summed E-state index contributed by atoms with van der Waals surface area (Å²) in [5.74, 6) is 0.322. The van der Waals surface area contributed by atoms with Crippen LogP contribution in [-0.4, -0.2) is 16.6 Å². The average Bonchev–Trinajstić information content (AvgIpc) is 2.20. The second-order valence-electron chi connectivity index (χ2n) is 2.97. The zero-order chi connectivity index (χ0) is 10.8. The normalized spacial score (nSPS) is 10.5. The molecule has 1 aromatic carbocycles. The van der Waals surface area contributed by atoms with Crippen molar-refractivity contribution in [1.82, 2.24) is 10.1 Å². The number of hydrogen-bond donors (Lipinski definition) is 1. The third-order valence-electron chi connectivity index (χ3n) is 1.89. The first-order valence-corrected chi connectivity index (χ1v) is 4.89. The number of hydrogen-bond acceptors (Lipinski definition) is 4. The first-order chi connectivity index (χ1) is 7.20. The van der Waals surface area contributed by atoms with Gasteiger partial charge in [-0.1, -0.05) is 11.6 Å². The Balaban J connectivity index is 2.62. The smallest absolute Gasteiger partial charge is 0.290 e. The van der Waals surface area contributed by atoms with Crippen molar-refractivity contribution in [3.63, 3.8) is 0 Å². The van der Waals surface area contributed by atoms with Crippen molar-refractivity contribution < 1.29 is 4.85 Å². The van der Waals surface area contributed by atoms with Gasteiger partial charge in [0, 0.05) is 17.6 Å². The van der Waals surface area contributed by atoms with Crippen molar-refractivity contribution in [2.24, 2.45) is 0 Å². The maximum atomic E-state index is 11.5. The van der Waals surface area contributed by atoms with Gasteiger partial charge in [0.1, 0.15) is 5.52 Å². The van der Waals surface area contributed by atoms with E-state index in [0.29, 0.717) is 33.4 Å². The van der Waals surface area contributed by atoms with E-state index < -0.39 is 0 Å². The number of halogens is 1. The van der Waals surface area contributed by atoms with Crippen LogP contribution in [0.1, 0.15) is 6.92 Å². The van der Waals surface area contributed by atoms with E-state index in [4.69, 9.17) is 11.6 Å². The number of nitrogens with one attached hydrogen (secondary N) is 1. The van der Waals surface area contributed by atoms with Gasteiger partial charge in [-0.05, 0) is 23.9 Å². The second-order valence-corrected chi connectivity index (χ2v) is 3.41. The number of anilines is 1. The summed E-state index contributed by atoms with van der Waals surface area (Å²) in [7, 11) is 0. The van der Waals surface area contributed by atoms with Gasteiger partial charge in [-0.2, -0.15) is 0 Å². The molecule has 0 saturated carbocycles. The van der Waals surface area contributed by atoms with Gasteiger partial charge in [0.2, 0.25) is 0 Å². The van der Waals surface area contributed by atoms with Crippen LogP contribution >= 0.6 is 11.6 Å². The number of fused-ring (bicyclic) bond motifs is 1. The van der Waals surface area contributed by atoms with Gasteiger partial charge < -0.3 is 10.5 Å². The number of rotatable bonds is 2. The minimum Gasteiger partial charge on any atom is -0.594 e. The molecule has 0 atom stereocenters. The van der Waals surface area contributed by atoms with E-state index in [1.807, 2.05) is 6.92 Å². The van der Waals surface area contributed by atoms with Gasteiger partial charge in [0.25, 0.3) is 11.5 Å². The summed E-state index contributed by atoms with van der Waals surface area (Å²) in [4.78, 5) is 4.69. The molecule has 5 nitrogen and oxygen atoms in total. The SMILES string of the molecule is CCNc1nc2ccc(Cl)cc2[n+]([O-])n1. The summed E-state index contributed by atoms with van der Waals surface area (Å²) in [6.45, 7) is 2.57. The first-order valence-electron chi connectivity index (χ1n) is 4.51. The topological polar surface area (TPSA) is 64.8 Å². The molecule has 1 aromatic heterocycles. The van der Waals surface area contributed by atoms with Gasteiger partial charge in [-0.3, -0.25) is 0 Å². The first kappa shape index (κ1) is 9.92. The third-order valence-corrected chi connectivity index (χ3v) is 2.13. The minimum atomic E-state index is 0.322. The molecular formula is C9H9ClN4O. The van der Waals surface area contributed by atoms with Gasteiger partial charge in [0.05, 0.1) is 5.10 Å². The summed E-state index contributed by atoms with van der Waals surface area (Å²) < 4.78 is 0. The number of benzene rings is 1. The third kappa shape index (κ3) is 1.92. The molecule has 0 bridgehead atoms. The molecule has 0 radical (unpaired) electrons. The summed E-state index contributed by atoms with van der Waals surface area (Å²) in [6.07, 6.45) is 0. The Labute approximate surface area is 91.3 Å². The molecule has 1 N–H and O–H groups in total. The fourth-order valence-electron chi connectivity index (χ4n) is 1.25. The number of aromatic nitrogens is 3. The Morgan fingerprint density at radius 1 is 1.53 bits per heavy atom. The molecule has 78 valence electrons. The summed E-state index contributed by atoms with van der Waals surface area (Å²) >= 11 is 5.77. The molecule has 0 aliphatic rings. The largest absolute Gasteiger partial charge is 0.594 e. The van der Waals surface area contributed by atoms with Crippen LogP contribution in [0.4, 0.5) is 5.95 Å². The van der Waals surface area contributed by atoms with Crippen LogP contribution in [0, 0.1) is 5.21 Å². The van der Waals surface area contributed by atoms with E-state index >= 15 is 0 Å². The van der Waals surface area contributed by atoms with Crippen molar-refractivity contribution in [1.29, 1.82) is 0 Å². The lowest BCUT2D eigenvalue weighted by molar-refractivity contribution is -0.641. The van der Waals surface area contributed by atoms with Crippen molar-refractivity contribution in [2.75, 3.05) is 11.9 Å². The van der Waals surface area contributed by atoms with Crippen molar-refractivity contribution in [3.8, 4) is 0 Å². The van der Waals surface area contributed by atoms with Crippen LogP contribution in [0.2, 0.25) is 5.02 Å². The molecule has 0 fully saturated rings. The van der Waals surface area contributed by atoms with Crippen LogP contribution in [0.3, 0.4) is 0 Å². The Morgan fingerprint density at radius 3 is 3.07 bits per heavy atom. The lowest BCUT2D eigenvalue weighted by Gasteiger charge is -2.02. The van der Waals surface area contributed by atoms with E-state index in [-0.39, 0.29) is 0 Å². The van der Waals surface area contributed by atoms with E-state index in [1.54, 1.807) is 18.2 Å². The fourth-order valence-corrected chi connectivity index (χ4v) is 1.42. The van der Waals surface area contributed by atoms with Crippen LogP contribution in [-0.2, 0) is 0 Å². The molecule has 0 spiro atoms. The predicted octanol–water partition coefficient (Wildman–Crippen LogP) is 1.35. The number of nitrogens with zero attached hydrogens (tertiary/aromatic N) is 3. The minimum absolute atomic E-state index is 0.322. The lowest BCUT2D eigenvalue weighted by Crippen LogP contribution is -2.33. The predicted molar refractivity (Wildman–Crippen MR) is 57.7 cm³/mol. The van der Waals surface area contributed by atoms with Crippen molar-refractivity contribution in [2.45, 2.75) is 6.92 Å². The van der Waals surface area contributed by atoms with Gasteiger partial charge >= 0.3 is 0 Å². The monoisotopic (exact) mass is 224 g/mol. The van der Waals surface area contributed by atoms with E-state index in [9.17, 15) is 5.21 Å². The molecule has 0 aliphatic heterocycles. The van der Waals surface area contributed by atoms with Crippen LogP contribution in [0.5, 0.6) is 0 Å². The standard InChI is InChI=1S/C9H9ClN4O/c1-2-11-9-12-7-4-3-6(10)5-8(7)14(15)13-9/h3-5H,2H2,1H3,(H,11,12,13). The molecule has 0 aliphatic carbocycles. The van der Waals surface area contributed by atoms with Crippen molar-refractivity contribution >= 4 is 28.6 Å². The molecule has 0 saturated heterocycles. The highest BCUT2D eigenvalue weighted by Gasteiger charge is 2.10. The van der Waals surface area contributed by atoms with E-state index in [0.717, 1.165) is 0 Å². The van der Waals surface area contributed by atoms with Crippen LogP contribution in [0.15, 0.2) is 18.2 Å².